The van der Waals surface area contributed by atoms with Gasteiger partial charge in [0.2, 0.25) is 5.91 Å². The fourth-order valence-corrected chi connectivity index (χ4v) is 5.22. The number of amides is 1. The Morgan fingerprint density at radius 2 is 1.82 bits per heavy atom. The first-order valence-electron chi connectivity index (χ1n) is 11.6. The van der Waals surface area contributed by atoms with Crippen molar-refractivity contribution in [3.05, 3.63) is 0 Å². The van der Waals surface area contributed by atoms with Crippen molar-refractivity contribution in [3.8, 4) is 0 Å². The van der Waals surface area contributed by atoms with E-state index in [9.17, 15) is 9.90 Å². The van der Waals surface area contributed by atoms with Gasteiger partial charge in [-0.05, 0) is 50.4 Å². The summed E-state index contributed by atoms with van der Waals surface area (Å²) in [4.78, 5) is 14.7. The molecule has 6 nitrogen and oxygen atoms in total. The normalized spacial score (nSPS) is 35.6. The number of aliphatic hydroxyl groups is 1. The Morgan fingerprint density at radius 3 is 2.61 bits per heavy atom. The van der Waals surface area contributed by atoms with Crippen molar-refractivity contribution < 1.29 is 19.4 Å². The van der Waals surface area contributed by atoms with Crippen LogP contribution in [-0.2, 0) is 14.3 Å². The number of rotatable bonds is 6. The number of β-amino-alcohol motifs (C(OH)–C–C–N with tert-alkyl or cyclic N) is 1. The van der Waals surface area contributed by atoms with Crippen LogP contribution in [0.4, 0.5) is 0 Å². The van der Waals surface area contributed by atoms with Crippen LogP contribution >= 0.6 is 0 Å². The molecule has 6 heteroatoms. The number of nitrogens with zero attached hydrogens (tertiary/aromatic N) is 1. The molecule has 0 bridgehead atoms. The molecule has 0 radical (unpaired) electrons. The first kappa shape index (κ1) is 20.6. The monoisotopic (exact) mass is 394 g/mol. The van der Waals surface area contributed by atoms with Gasteiger partial charge in [-0.2, -0.15) is 0 Å². The van der Waals surface area contributed by atoms with Gasteiger partial charge in [-0.1, -0.05) is 19.3 Å². The van der Waals surface area contributed by atoms with Gasteiger partial charge >= 0.3 is 0 Å². The average molecular weight is 395 g/mol. The Bertz CT molecular complexity index is 507. The minimum atomic E-state index is -0.421. The number of fused-ring (bicyclic) bond motifs is 1. The number of aliphatic hydroxyl groups excluding tert-OH is 1. The second-order valence-electron chi connectivity index (χ2n) is 9.54. The molecule has 28 heavy (non-hydrogen) atoms. The summed E-state index contributed by atoms with van der Waals surface area (Å²) in [6, 6.07) is 0.294. The Balaban J connectivity index is 1.32. The third kappa shape index (κ3) is 5.91. The van der Waals surface area contributed by atoms with Crippen LogP contribution in [0.15, 0.2) is 0 Å². The molecule has 4 atom stereocenters. The molecule has 2 saturated heterocycles. The quantitative estimate of drug-likeness (QED) is 0.722. The zero-order valence-electron chi connectivity index (χ0n) is 17.2. The van der Waals surface area contributed by atoms with Crippen LogP contribution in [0.1, 0.15) is 64.2 Å². The summed E-state index contributed by atoms with van der Waals surface area (Å²) in [6.07, 6.45) is 11.1. The highest BCUT2D eigenvalue weighted by molar-refractivity contribution is 5.76. The molecular formula is C22H38N2O4. The second kappa shape index (κ2) is 9.88. The second-order valence-corrected chi connectivity index (χ2v) is 9.54. The maximum atomic E-state index is 12.2. The van der Waals surface area contributed by atoms with Gasteiger partial charge in [-0.3, -0.25) is 9.69 Å². The van der Waals surface area contributed by atoms with Crippen LogP contribution in [-0.4, -0.2) is 73.1 Å². The molecule has 0 unspecified atom stereocenters. The fourth-order valence-electron chi connectivity index (χ4n) is 5.22. The molecule has 2 saturated carbocycles. The van der Waals surface area contributed by atoms with E-state index in [1.165, 1.54) is 44.9 Å². The minimum Gasteiger partial charge on any atom is -0.389 e. The smallest absolute Gasteiger partial charge is 0.222 e. The molecule has 160 valence electrons. The Kier molecular flexibility index (Phi) is 7.26. The third-order valence-corrected chi connectivity index (χ3v) is 7.00. The number of ether oxygens (including phenoxy) is 2. The SMILES string of the molecule is O=C(C[C@@H]1CC[C@@H]2[C@H](COC[C@H](O)CN2CC2CCCCC2)O1)NCC1CC1. The molecule has 2 N–H and O–H groups in total. The van der Waals surface area contributed by atoms with E-state index < -0.39 is 6.10 Å². The van der Waals surface area contributed by atoms with Gasteiger partial charge in [0, 0.05) is 25.7 Å². The van der Waals surface area contributed by atoms with E-state index in [1.807, 2.05) is 0 Å². The highest BCUT2D eigenvalue weighted by Gasteiger charge is 2.38. The molecular weight excluding hydrogens is 356 g/mol. The van der Waals surface area contributed by atoms with Gasteiger partial charge in [0.1, 0.15) is 0 Å². The van der Waals surface area contributed by atoms with E-state index in [0.29, 0.717) is 38.1 Å². The summed E-state index contributed by atoms with van der Waals surface area (Å²) in [7, 11) is 0. The minimum absolute atomic E-state index is 0.00562. The van der Waals surface area contributed by atoms with Crippen molar-refractivity contribution in [2.24, 2.45) is 11.8 Å². The molecule has 4 rings (SSSR count). The molecule has 4 fully saturated rings. The molecule has 2 aliphatic carbocycles. The Labute approximate surface area is 169 Å². The largest absolute Gasteiger partial charge is 0.389 e. The zero-order valence-corrected chi connectivity index (χ0v) is 17.2. The Hall–Kier alpha value is -0.690. The fraction of sp³-hybridized carbons (Fsp3) is 0.955. The first-order valence-corrected chi connectivity index (χ1v) is 11.6. The molecule has 2 aliphatic heterocycles. The van der Waals surface area contributed by atoms with Crippen LogP contribution in [0.3, 0.4) is 0 Å². The molecule has 2 heterocycles. The molecule has 0 aromatic carbocycles. The van der Waals surface area contributed by atoms with Crippen LogP contribution in [0, 0.1) is 11.8 Å². The lowest BCUT2D eigenvalue weighted by molar-refractivity contribution is -0.158. The van der Waals surface area contributed by atoms with Crippen molar-refractivity contribution >= 4 is 5.91 Å². The van der Waals surface area contributed by atoms with Crippen LogP contribution in [0.25, 0.3) is 0 Å². The maximum absolute atomic E-state index is 12.2. The zero-order chi connectivity index (χ0) is 19.3. The lowest BCUT2D eigenvalue weighted by Gasteiger charge is -2.45. The van der Waals surface area contributed by atoms with Gasteiger partial charge in [-0.15, -0.1) is 0 Å². The molecule has 0 spiro atoms. The maximum Gasteiger partial charge on any atom is 0.222 e. The topological polar surface area (TPSA) is 71.0 Å². The van der Waals surface area contributed by atoms with E-state index in [2.05, 4.69) is 10.2 Å². The Morgan fingerprint density at radius 1 is 1.00 bits per heavy atom. The lowest BCUT2D eigenvalue weighted by Crippen LogP contribution is -2.56. The van der Waals surface area contributed by atoms with Gasteiger partial charge < -0.3 is 19.9 Å². The summed E-state index contributed by atoms with van der Waals surface area (Å²) in [6.45, 7) is 3.46. The number of carbonyl (C=O) groups is 1. The average Bonchev–Trinajstić information content (AvgIpc) is 3.50. The van der Waals surface area contributed by atoms with Crippen LogP contribution in [0.2, 0.25) is 0 Å². The van der Waals surface area contributed by atoms with Crippen LogP contribution < -0.4 is 5.32 Å². The molecule has 0 aromatic heterocycles. The third-order valence-electron chi connectivity index (χ3n) is 7.00. The molecule has 0 aromatic rings. The molecule has 4 aliphatic rings. The predicted octanol–water partition coefficient (Wildman–Crippen LogP) is 2.09. The number of carbonyl (C=O) groups excluding carboxylic acids is 1. The predicted molar refractivity (Wildman–Crippen MR) is 107 cm³/mol. The van der Waals surface area contributed by atoms with Crippen molar-refractivity contribution in [3.63, 3.8) is 0 Å². The van der Waals surface area contributed by atoms with Crippen molar-refractivity contribution in [2.45, 2.75) is 88.6 Å². The summed E-state index contributed by atoms with van der Waals surface area (Å²) in [5.41, 5.74) is 0. The lowest BCUT2D eigenvalue weighted by atomic mass is 9.87. The molecule has 1 amide bonds. The number of hydrogen-bond donors (Lipinski definition) is 2. The first-order chi connectivity index (χ1) is 13.7. The highest BCUT2D eigenvalue weighted by atomic mass is 16.5. The van der Waals surface area contributed by atoms with Gasteiger partial charge in [0.25, 0.3) is 0 Å². The van der Waals surface area contributed by atoms with Crippen molar-refractivity contribution in [2.75, 3.05) is 32.8 Å². The summed E-state index contributed by atoms with van der Waals surface area (Å²) in [5, 5.41) is 13.4. The van der Waals surface area contributed by atoms with E-state index in [0.717, 1.165) is 31.8 Å². The van der Waals surface area contributed by atoms with Gasteiger partial charge in [0.15, 0.2) is 0 Å². The number of hydrogen-bond acceptors (Lipinski definition) is 5. The van der Waals surface area contributed by atoms with Crippen molar-refractivity contribution in [1.29, 1.82) is 0 Å². The van der Waals surface area contributed by atoms with Gasteiger partial charge in [0.05, 0.1) is 37.9 Å². The van der Waals surface area contributed by atoms with E-state index in [4.69, 9.17) is 9.47 Å². The highest BCUT2D eigenvalue weighted by Crippen LogP contribution is 2.31. The van der Waals surface area contributed by atoms with E-state index >= 15 is 0 Å². The van der Waals surface area contributed by atoms with E-state index in [-0.39, 0.29) is 18.1 Å². The van der Waals surface area contributed by atoms with E-state index in [1.54, 1.807) is 0 Å². The number of nitrogens with one attached hydrogen (secondary N) is 1. The van der Waals surface area contributed by atoms with Crippen LogP contribution in [0.5, 0.6) is 0 Å². The summed E-state index contributed by atoms with van der Waals surface area (Å²) in [5.74, 6) is 1.57. The van der Waals surface area contributed by atoms with Gasteiger partial charge in [-0.25, -0.2) is 0 Å². The standard InChI is InChI=1S/C22H38N2O4/c25-18-13-24(12-17-4-2-1-3-5-17)20-9-8-19(28-21(20)15-27-14-18)10-22(26)23-11-16-6-7-16/h16-21,25H,1-15H2,(H,23,26)/t18-,19+,20-,21+/m1/s1. The summed E-state index contributed by atoms with van der Waals surface area (Å²) < 4.78 is 12.1. The summed E-state index contributed by atoms with van der Waals surface area (Å²) >= 11 is 0. The van der Waals surface area contributed by atoms with Crippen molar-refractivity contribution in [1.82, 2.24) is 10.2 Å².